The molecule has 1 fully saturated rings. The first-order valence-corrected chi connectivity index (χ1v) is 13.6. The molecule has 0 spiro atoms. The van der Waals surface area contributed by atoms with Gasteiger partial charge in [-0.25, -0.2) is 22.0 Å². The van der Waals surface area contributed by atoms with Crippen molar-refractivity contribution in [2.45, 2.75) is 49.2 Å². The van der Waals surface area contributed by atoms with E-state index >= 15 is 0 Å². The molecule has 2 amide bonds. The maximum absolute atomic E-state index is 13.7. The molecule has 218 valence electrons. The molecule has 40 heavy (non-hydrogen) atoms. The number of nitrogens with zero attached hydrogens (tertiary/aromatic N) is 1. The van der Waals surface area contributed by atoms with Gasteiger partial charge in [0, 0.05) is 5.69 Å². The van der Waals surface area contributed by atoms with Crippen LogP contribution in [0.4, 0.5) is 38.1 Å². The number of carbonyl (C=O) groups excluding carboxylic acids is 2. The highest BCUT2D eigenvalue weighted by Gasteiger charge is 2.51. The number of fused-ring (bicyclic) bond motifs is 1. The van der Waals surface area contributed by atoms with Crippen LogP contribution in [0, 0.1) is 11.7 Å². The van der Waals surface area contributed by atoms with Gasteiger partial charge < -0.3 is 14.8 Å². The minimum atomic E-state index is -4.86. The molecule has 4 rings (SSSR count). The summed E-state index contributed by atoms with van der Waals surface area (Å²) in [5.74, 6) is -2.22. The fraction of sp³-hybridized carbons (Fsp3) is 0.417. The maximum Gasteiger partial charge on any atom is 0.427 e. The largest absolute Gasteiger partial charge is 0.484 e. The molecule has 1 aliphatic carbocycles. The SMILES string of the molecule is CC(C)(OC(=O)Nc1ccc2c(c1)N(S(=O)(=O)c1ccc(F)c(Cl)c1)C[C@H](CNC(=O)[C@@H]1C[C@@H]1F)O2)C(F)(F)F. The van der Waals surface area contributed by atoms with Crippen molar-refractivity contribution >= 4 is 45.0 Å². The first-order chi connectivity index (χ1) is 18.5. The van der Waals surface area contributed by atoms with Gasteiger partial charge in [-0.1, -0.05) is 11.6 Å². The van der Waals surface area contributed by atoms with Crippen molar-refractivity contribution in [3.05, 3.63) is 47.2 Å². The van der Waals surface area contributed by atoms with E-state index in [0.717, 1.165) is 28.6 Å². The summed E-state index contributed by atoms with van der Waals surface area (Å²) in [5, 5.41) is 4.17. The van der Waals surface area contributed by atoms with Gasteiger partial charge in [-0.05, 0) is 56.7 Å². The Hall–Kier alpha value is -3.33. The summed E-state index contributed by atoms with van der Waals surface area (Å²) in [7, 11) is -4.46. The smallest absolute Gasteiger partial charge is 0.427 e. The lowest BCUT2D eigenvalue weighted by Crippen LogP contribution is -2.48. The van der Waals surface area contributed by atoms with Crippen molar-refractivity contribution in [2.24, 2.45) is 5.92 Å². The van der Waals surface area contributed by atoms with Crippen LogP contribution in [0.2, 0.25) is 5.02 Å². The quantitative estimate of drug-likeness (QED) is 0.435. The zero-order valence-corrected chi connectivity index (χ0v) is 22.5. The molecule has 2 aromatic rings. The Bertz CT molecular complexity index is 1440. The van der Waals surface area contributed by atoms with E-state index in [0.29, 0.717) is 13.8 Å². The highest BCUT2D eigenvalue weighted by molar-refractivity contribution is 7.92. The van der Waals surface area contributed by atoms with Gasteiger partial charge in [0.2, 0.25) is 11.5 Å². The van der Waals surface area contributed by atoms with E-state index in [1.807, 2.05) is 0 Å². The van der Waals surface area contributed by atoms with E-state index in [-0.39, 0.29) is 36.6 Å². The Morgan fingerprint density at radius 1 is 1.18 bits per heavy atom. The summed E-state index contributed by atoms with van der Waals surface area (Å²) >= 11 is 5.78. The van der Waals surface area contributed by atoms with Crippen LogP contribution >= 0.6 is 11.6 Å². The topological polar surface area (TPSA) is 114 Å². The summed E-state index contributed by atoms with van der Waals surface area (Å²) in [6, 6.07) is 6.35. The molecule has 0 radical (unpaired) electrons. The van der Waals surface area contributed by atoms with Crippen LogP contribution in [0.3, 0.4) is 0 Å². The third-order valence-electron chi connectivity index (χ3n) is 6.20. The number of carbonyl (C=O) groups is 2. The van der Waals surface area contributed by atoms with E-state index in [9.17, 15) is 40.0 Å². The summed E-state index contributed by atoms with van der Waals surface area (Å²) in [6.07, 6.45) is -8.41. The van der Waals surface area contributed by atoms with E-state index in [1.165, 1.54) is 12.1 Å². The molecular weight excluding hydrogens is 589 g/mol. The third kappa shape index (κ3) is 6.19. The van der Waals surface area contributed by atoms with Gasteiger partial charge in [0.15, 0.2) is 0 Å². The number of amides is 2. The lowest BCUT2D eigenvalue weighted by atomic mass is 10.1. The average Bonchev–Trinajstić information content (AvgIpc) is 3.59. The van der Waals surface area contributed by atoms with Crippen molar-refractivity contribution in [3.8, 4) is 5.75 Å². The van der Waals surface area contributed by atoms with Crippen LogP contribution < -0.4 is 19.7 Å². The van der Waals surface area contributed by atoms with Gasteiger partial charge in [0.05, 0.1) is 34.6 Å². The van der Waals surface area contributed by atoms with Gasteiger partial charge >= 0.3 is 12.3 Å². The molecule has 0 unspecified atom stereocenters. The summed E-state index contributed by atoms with van der Waals surface area (Å²) in [5.41, 5.74) is -3.06. The molecule has 16 heteroatoms. The molecule has 9 nitrogen and oxygen atoms in total. The molecular formula is C24H23ClF5N3O6S. The second-order valence-electron chi connectivity index (χ2n) is 9.66. The number of alkyl halides is 4. The summed E-state index contributed by atoms with van der Waals surface area (Å²) < 4.78 is 105. The molecule has 1 aliphatic heterocycles. The predicted octanol–water partition coefficient (Wildman–Crippen LogP) is 4.80. The van der Waals surface area contributed by atoms with Gasteiger partial charge in [-0.2, -0.15) is 13.2 Å². The second kappa shape index (κ2) is 10.6. The van der Waals surface area contributed by atoms with Crippen LogP contribution in [0.5, 0.6) is 5.75 Å². The summed E-state index contributed by atoms with van der Waals surface area (Å²) in [4.78, 5) is 23.9. The average molecular weight is 612 g/mol. The highest BCUT2D eigenvalue weighted by Crippen LogP contribution is 2.40. The lowest BCUT2D eigenvalue weighted by Gasteiger charge is -2.36. The number of hydrogen-bond donors (Lipinski definition) is 2. The van der Waals surface area contributed by atoms with Crippen LogP contribution in [0.1, 0.15) is 20.3 Å². The Balaban J connectivity index is 1.63. The van der Waals surface area contributed by atoms with Gasteiger partial charge in [-0.3, -0.25) is 14.4 Å². The summed E-state index contributed by atoms with van der Waals surface area (Å²) in [6.45, 7) is 0.746. The molecule has 3 atom stereocenters. The fourth-order valence-corrected chi connectivity index (χ4v) is 5.47. The number of ether oxygens (including phenoxy) is 2. The first-order valence-electron chi connectivity index (χ1n) is 11.8. The van der Waals surface area contributed by atoms with Gasteiger partial charge in [-0.15, -0.1) is 0 Å². The highest BCUT2D eigenvalue weighted by atomic mass is 35.5. The molecule has 1 saturated carbocycles. The van der Waals surface area contributed by atoms with Crippen molar-refractivity contribution in [2.75, 3.05) is 22.7 Å². The van der Waals surface area contributed by atoms with Crippen LogP contribution in [0.25, 0.3) is 0 Å². The zero-order chi connectivity index (χ0) is 29.6. The van der Waals surface area contributed by atoms with Gasteiger partial charge in [0.25, 0.3) is 10.0 Å². The number of hydrogen-bond acceptors (Lipinski definition) is 6. The van der Waals surface area contributed by atoms with E-state index in [4.69, 9.17) is 16.3 Å². The number of nitrogens with one attached hydrogen (secondary N) is 2. The zero-order valence-electron chi connectivity index (χ0n) is 20.9. The monoisotopic (exact) mass is 611 g/mol. The predicted molar refractivity (Wildman–Crippen MR) is 133 cm³/mol. The van der Waals surface area contributed by atoms with Crippen molar-refractivity contribution in [1.82, 2.24) is 5.32 Å². The molecule has 1 heterocycles. The number of benzene rings is 2. The third-order valence-corrected chi connectivity index (χ3v) is 8.27. The van der Waals surface area contributed by atoms with Crippen molar-refractivity contribution in [1.29, 1.82) is 0 Å². The van der Waals surface area contributed by atoms with Crippen molar-refractivity contribution < 1.29 is 49.4 Å². The molecule has 2 N–H and O–H groups in total. The minimum absolute atomic E-state index is 0.0217. The normalized spacial score (nSPS) is 20.7. The Morgan fingerprint density at radius 3 is 2.45 bits per heavy atom. The van der Waals surface area contributed by atoms with Crippen LogP contribution in [-0.2, 0) is 19.6 Å². The van der Waals surface area contributed by atoms with Gasteiger partial charge in [0.1, 0.15) is 23.8 Å². The minimum Gasteiger partial charge on any atom is -0.484 e. The molecule has 0 saturated heterocycles. The fourth-order valence-electron chi connectivity index (χ4n) is 3.70. The number of anilines is 2. The second-order valence-corrected chi connectivity index (χ2v) is 11.9. The number of rotatable bonds is 7. The lowest BCUT2D eigenvalue weighted by molar-refractivity contribution is -0.242. The standard InChI is InChI=1S/C24H23ClF5N3O6S/c1-23(2,24(28,29)30)39-22(35)32-12-3-6-20-19(7-12)33(40(36,37)14-4-5-17(26)16(25)8-14)11-13(38-20)10-31-21(34)15-9-18(15)27/h3-8,13,15,18H,9-11H2,1-2H3,(H,31,34)(H,32,35)/t13-,15+,18-/m0/s1. The molecule has 2 aliphatic rings. The Labute approximate surface area is 230 Å². The first kappa shape index (κ1) is 29.6. The molecule has 0 aromatic heterocycles. The number of sulfonamides is 1. The molecule has 2 aromatic carbocycles. The van der Waals surface area contributed by atoms with E-state index in [1.54, 1.807) is 0 Å². The van der Waals surface area contributed by atoms with Crippen LogP contribution in [0.15, 0.2) is 41.3 Å². The van der Waals surface area contributed by atoms with E-state index in [2.05, 4.69) is 15.4 Å². The van der Waals surface area contributed by atoms with Crippen molar-refractivity contribution in [3.63, 3.8) is 0 Å². The van der Waals surface area contributed by atoms with Crippen LogP contribution in [-0.4, -0.2) is 57.6 Å². The maximum atomic E-state index is 13.7. The van der Waals surface area contributed by atoms with E-state index < -0.39 is 67.7 Å². The number of halogens is 6. The molecule has 0 bridgehead atoms. The Kier molecular flexibility index (Phi) is 7.84. The Morgan fingerprint density at radius 2 is 1.85 bits per heavy atom.